The molecule has 0 aliphatic heterocycles. The number of nitrogens with zero attached hydrogens (tertiary/aromatic N) is 7. The highest BCUT2D eigenvalue weighted by molar-refractivity contribution is 6.11. The average Bonchev–Trinajstić information content (AvgIpc) is 3.40. The van der Waals surface area contributed by atoms with E-state index in [4.69, 9.17) is 6.57 Å². The van der Waals surface area contributed by atoms with E-state index in [1.165, 1.54) is 0 Å². The molecule has 7 nitrogen and oxygen atoms in total. The number of aryl methyl sites for hydroxylation is 2. The van der Waals surface area contributed by atoms with E-state index in [0.29, 0.717) is 39.9 Å². The minimum Gasteiger partial charge on any atom is -0.309 e. The predicted octanol–water partition coefficient (Wildman–Crippen LogP) is 8.88. The molecule has 7 aromatic rings. The fraction of sp³-hybridized carbons (Fsp3) is 0.0526. The van der Waals surface area contributed by atoms with Gasteiger partial charge >= 0.3 is 0 Å². The number of hydrogen-bond acceptors (Lipinski definition) is 5. The number of benzene rings is 5. The van der Waals surface area contributed by atoms with Crippen LogP contribution in [0, 0.1) is 43.1 Å². The first-order chi connectivity index (χ1) is 21.9. The third-order valence-corrected chi connectivity index (χ3v) is 7.88. The zero-order valence-electron chi connectivity index (χ0n) is 24.4. The summed E-state index contributed by atoms with van der Waals surface area (Å²) in [5.41, 5.74) is 8.91. The third-order valence-electron chi connectivity index (χ3n) is 7.88. The summed E-state index contributed by atoms with van der Waals surface area (Å²) >= 11 is 0. The van der Waals surface area contributed by atoms with Gasteiger partial charge in [0.25, 0.3) is 0 Å². The maximum Gasteiger partial charge on any atom is 0.198 e. The van der Waals surface area contributed by atoms with Gasteiger partial charge in [-0.05, 0) is 84.6 Å². The van der Waals surface area contributed by atoms with E-state index in [1.807, 2.05) is 68.4 Å². The molecule has 45 heavy (non-hydrogen) atoms. The lowest BCUT2D eigenvalue weighted by atomic mass is 10.0. The number of rotatable bonds is 4. The Labute approximate surface area is 259 Å². The molecule has 0 aliphatic rings. The van der Waals surface area contributed by atoms with Crippen LogP contribution in [0.3, 0.4) is 0 Å². The Morgan fingerprint density at radius 3 is 1.67 bits per heavy atom. The Bertz CT molecular complexity index is 2310. The van der Waals surface area contributed by atoms with Crippen LogP contribution in [0.4, 0.5) is 5.69 Å². The van der Waals surface area contributed by atoms with Crippen molar-refractivity contribution in [2.24, 2.45) is 0 Å². The van der Waals surface area contributed by atoms with E-state index in [9.17, 15) is 10.5 Å². The van der Waals surface area contributed by atoms with Gasteiger partial charge in [0.05, 0.1) is 40.9 Å². The Morgan fingerprint density at radius 1 is 0.622 bits per heavy atom. The number of nitriles is 2. The first-order valence-corrected chi connectivity index (χ1v) is 14.3. The molecule has 210 valence electrons. The topological polar surface area (TPSA) is 95.5 Å². The highest BCUT2D eigenvalue weighted by Crippen LogP contribution is 2.39. The van der Waals surface area contributed by atoms with Crippen molar-refractivity contribution in [1.82, 2.24) is 19.5 Å². The molecule has 7 rings (SSSR count). The van der Waals surface area contributed by atoms with Crippen molar-refractivity contribution in [3.8, 4) is 51.5 Å². The van der Waals surface area contributed by atoms with Gasteiger partial charge in [0.1, 0.15) is 11.6 Å². The van der Waals surface area contributed by atoms with Crippen LogP contribution in [-0.2, 0) is 0 Å². The van der Waals surface area contributed by atoms with Crippen LogP contribution in [0.25, 0.3) is 66.0 Å². The van der Waals surface area contributed by atoms with Gasteiger partial charge < -0.3 is 4.57 Å². The minimum absolute atomic E-state index is 0.451. The van der Waals surface area contributed by atoms with Gasteiger partial charge in [-0.3, -0.25) is 0 Å². The van der Waals surface area contributed by atoms with E-state index >= 15 is 0 Å². The minimum atomic E-state index is 0.451. The monoisotopic (exact) mass is 577 g/mol. The van der Waals surface area contributed by atoms with Crippen molar-refractivity contribution in [3.63, 3.8) is 0 Å². The SMILES string of the molecule is [C-]#[N+]c1ccc(-n2c3cc(-c4cccc(C#N)c4)ccc3c3ccc(-c4cccc(C#N)c4)cc32)cc1-c1nc(C)nc(C)n1. The standard InChI is InChI=1S/C38H23N7/c1-23-42-24(2)44-38(43-23)34-20-31(12-15-35(34)41-3)45-36-18-29(27-8-4-6-25(16-27)21-39)10-13-32(36)33-14-11-30(19-37(33)45)28-9-5-7-26(17-28)22-40/h4-20H,1-2H3. The molecule has 0 amide bonds. The van der Waals surface area contributed by atoms with Crippen LogP contribution < -0.4 is 0 Å². The summed E-state index contributed by atoms with van der Waals surface area (Å²) in [4.78, 5) is 17.3. The van der Waals surface area contributed by atoms with Crippen molar-refractivity contribution in [2.45, 2.75) is 13.8 Å². The van der Waals surface area contributed by atoms with Gasteiger partial charge in [-0.25, -0.2) is 19.8 Å². The van der Waals surface area contributed by atoms with E-state index in [-0.39, 0.29) is 0 Å². The molecule has 2 aromatic heterocycles. The Balaban J connectivity index is 1.54. The van der Waals surface area contributed by atoms with Crippen LogP contribution in [0.5, 0.6) is 0 Å². The highest BCUT2D eigenvalue weighted by Gasteiger charge is 2.18. The smallest absolute Gasteiger partial charge is 0.198 e. The summed E-state index contributed by atoms with van der Waals surface area (Å²) in [6.07, 6.45) is 0. The molecule has 0 bridgehead atoms. The Hall–Kier alpha value is -6.62. The molecule has 0 N–H and O–H groups in total. The van der Waals surface area contributed by atoms with Crippen LogP contribution >= 0.6 is 0 Å². The van der Waals surface area contributed by atoms with Crippen LogP contribution in [0.2, 0.25) is 0 Å². The van der Waals surface area contributed by atoms with Crippen molar-refractivity contribution < 1.29 is 0 Å². The predicted molar refractivity (Wildman–Crippen MR) is 176 cm³/mol. The summed E-state index contributed by atoms with van der Waals surface area (Å²) in [5.74, 6) is 1.63. The lowest BCUT2D eigenvalue weighted by Gasteiger charge is -2.13. The van der Waals surface area contributed by atoms with Crippen molar-refractivity contribution >= 4 is 27.5 Å². The van der Waals surface area contributed by atoms with E-state index in [2.05, 4.69) is 72.9 Å². The van der Waals surface area contributed by atoms with Crippen molar-refractivity contribution in [2.75, 3.05) is 0 Å². The Morgan fingerprint density at radius 2 is 1.16 bits per heavy atom. The zero-order valence-corrected chi connectivity index (χ0v) is 24.4. The second-order valence-electron chi connectivity index (χ2n) is 10.8. The second kappa shape index (κ2) is 10.9. The van der Waals surface area contributed by atoms with Gasteiger partial charge in [-0.1, -0.05) is 54.6 Å². The summed E-state index contributed by atoms with van der Waals surface area (Å²) < 4.78 is 2.19. The quantitative estimate of drug-likeness (QED) is 0.195. The molecular formula is C38H23N7. The molecule has 0 spiro atoms. The van der Waals surface area contributed by atoms with E-state index < -0.39 is 0 Å². The molecular weight excluding hydrogens is 554 g/mol. The summed E-state index contributed by atoms with van der Waals surface area (Å²) in [6, 6.07) is 38.0. The molecule has 0 saturated heterocycles. The van der Waals surface area contributed by atoms with Crippen molar-refractivity contribution in [1.29, 1.82) is 10.5 Å². The molecule has 0 atom stereocenters. The van der Waals surface area contributed by atoms with Gasteiger partial charge in [-0.15, -0.1) is 0 Å². The first-order valence-electron chi connectivity index (χ1n) is 14.3. The van der Waals surface area contributed by atoms with Crippen LogP contribution in [0.15, 0.2) is 103 Å². The van der Waals surface area contributed by atoms with Crippen LogP contribution in [0.1, 0.15) is 22.8 Å². The lowest BCUT2D eigenvalue weighted by molar-refractivity contribution is 0.929. The molecule has 2 heterocycles. The van der Waals surface area contributed by atoms with Gasteiger partial charge in [-0.2, -0.15) is 10.5 Å². The average molecular weight is 578 g/mol. The lowest BCUT2D eigenvalue weighted by Crippen LogP contribution is -2.00. The fourth-order valence-corrected chi connectivity index (χ4v) is 5.87. The summed E-state index contributed by atoms with van der Waals surface area (Å²) in [6.45, 7) is 11.5. The van der Waals surface area contributed by atoms with Crippen LogP contribution in [-0.4, -0.2) is 19.5 Å². The first kappa shape index (κ1) is 27.2. The van der Waals surface area contributed by atoms with E-state index in [0.717, 1.165) is 49.7 Å². The molecule has 5 aromatic carbocycles. The zero-order chi connectivity index (χ0) is 31.1. The number of fused-ring (bicyclic) bond motifs is 3. The number of hydrogen-bond donors (Lipinski definition) is 0. The summed E-state index contributed by atoms with van der Waals surface area (Å²) in [5, 5.41) is 21.1. The van der Waals surface area contributed by atoms with Crippen molar-refractivity contribution in [3.05, 3.63) is 137 Å². The third kappa shape index (κ3) is 4.83. The molecule has 0 fully saturated rings. The Kier molecular flexibility index (Phi) is 6.59. The fourth-order valence-electron chi connectivity index (χ4n) is 5.87. The van der Waals surface area contributed by atoms with Gasteiger partial charge in [0, 0.05) is 22.0 Å². The largest absolute Gasteiger partial charge is 0.309 e. The summed E-state index contributed by atoms with van der Waals surface area (Å²) in [7, 11) is 0. The molecule has 0 aliphatic carbocycles. The maximum atomic E-state index is 9.51. The van der Waals surface area contributed by atoms with E-state index in [1.54, 1.807) is 12.1 Å². The molecule has 0 unspecified atom stereocenters. The number of aromatic nitrogens is 4. The van der Waals surface area contributed by atoms with Gasteiger partial charge in [0.2, 0.25) is 0 Å². The molecule has 7 heteroatoms. The molecule has 0 saturated carbocycles. The second-order valence-corrected chi connectivity index (χ2v) is 10.8. The highest BCUT2D eigenvalue weighted by atomic mass is 15.0. The van der Waals surface area contributed by atoms with Gasteiger partial charge in [0.15, 0.2) is 11.5 Å². The normalized spacial score (nSPS) is 10.8. The maximum absolute atomic E-state index is 9.51. The molecule has 0 radical (unpaired) electrons.